The summed E-state index contributed by atoms with van der Waals surface area (Å²) in [5, 5.41) is 4.42. The molecule has 0 bridgehead atoms. The first-order valence-corrected chi connectivity index (χ1v) is 8.15. The summed E-state index contributed by atoms with van der Waals surface area (Å²) in [4.78, 5) is 15.8. The Morgan fingerprint density at radius 2 is 2.00 bits per heavy atom. The topological polar surface area (TPSA) is 69.0 Å². The molecule has 0 N–H and O–H groups in total. The lowest BCUT2D eigenvalue weighted by atomic mass is 10.2. The Balaban J connectivity index is 1.52. The van der Waals surface area contributed by atoms with Gasteiger partial charge >= 0.3 is 0 Å². The molecule has 1 fully saturated rings. The maximum Gasteiger partial charge on any atom is 0.148 e. The van der Waals surface area contributed by atoms with E-state index in [2.05, 4.69) is 20.0 Å². The molecule has 0 saturated carbocycles. The van der Waals surface area contributed by atoms with E-state index in [9.17, 15) is 0 Å². The van der Waals surface area contributed by atoms with Crippen LogP contribution in [0.25, 0.3) is 11.0 Å². The first-order chi connectivity index (χ1) is 11.7. The third-order valence-corrected chi connectivity index (χ3v) is 4.24. The summed E-state index contributed by atoms with van der Waals surface area (Å²) in [5.74, 6) is 2.60. The minimum absolute atomic E-state index is 0.0619. The molecule has 2 aromatic heterocycles. The van der Waals surface area contributed by atoms with Crippen LogP contribution in [0.3, 0.4) is 0 Å². The lowest BCUT2D eigenvalue weighted by molar-refractivity contribution is 0.0267. The SMILES string of the molecule is Cc1nc(C)n(CC2CN(c3cnc4ccccc4n3)CCO2)n1. The van der Waals surface area contributed by atoms with E-state index in [1.54, 1.807) is 0 Å². The van der Waals surface area contributed by atoms with Crippen molar-refractivity contribution in [3.8, 4) is 0 Å². The average molecular weight is 324 g/mol. The average Bonchev–Trinajstić information content (AvgIpc) is 2.92. The number of anilines is 1. The van der Waals surface area contributed by atoms with Crippen LogP contribution in [0, 0.1) is 13.8 Å². The highest BCUT2D eigenvalue weighted by atomic mass is 16.5. The lowest BCUT2D eigenvalue weighted by Gasteiger charge is -2.33. The van der Waals surface area contributed by atoms with E-state index in [-0.39, 0.29) is 6.10 Å². The molecule has 1 aliphatic rings. The number of nitrogens with zero attached hydrogens (tertiary/aromatic N) is 6. The van der Waals surface area contributed by atoms with Crippen LogP contribution in [0.2, 0.25) is 0 Å². The van der Waals surface area contributed by atoms with Crippen LogP contribution in [-0.2, 0) is 11.3 Å². The normalized spacial score (nSPS) is 18.2. The second kappa shape index (κ2) is 6.16. The zero-order valence-electron chi connectivity index (χ0n) is 13.9. The van der Waals surface area contributed by atoms with Gasteiger partial charge in [0.15, 0.2) is 0 Å². The van der Waals surface area contributed by atoms with Gasteiger partial charge in [0.2, 0.25) is 0 Å². The molecular weight excluding hydrogens is 304 g/mol. The minimum Gasteiger partial charge on any atom is -0.373 e. The minimum atomic E-state index is 0.0619. The quantitative estimate of drug-likeness (QED) is 0.731. The largest absolute Gasteiger partial charge is 0.373 e. The van der Waals surface area contributed by atoms with Crippen LogP contribution in [0.5, 0.6) is 0 Å². The Labute approximate surface area is 140 Å². The van der Waals surface area contributed by atoms with Crippen molar-refractivity contribution >= 4 is 16.9 Å². The monoisotopic (exact) mass is 324 g/mol. The van der Waals surface area contributed by atoms with Crippen molar-refractivity contribution in [1.82, 2.24) is 24.7 Å². The van der Waals surface area contributed by atoms with E-state index in [1.807, 2.05) is 49.0 Å². The molecule has 0 aliphatic carbocycles. The highest BCUT2D eigenvalue weighted by Gasteiger charge is 2.23. The summed E-state index contributed by atoms with van der Waals surface area (Å²) in [5.41, 5.74) is 1.83. The molecule has 0 spiro atoms. The molecule has 1 aliphatic heterocycles. The van der Waals surface area contributed by atoms with E-state index in [0.717, 1.165) is 41.6 Å². The number of hydrogen-bond donors (Lipinski definition) is 0. The fraction of sp³-hybridized carbons (Fsp3) is 0.412. The van der Waals surface area contributed by atoms with E-state index in [1.165, 1.54) is 0 Å². The maximum absolute atomic E-state index is 5.91. The van der Waals surface area contributed by atoms with Crippen LogP contribution in [-0.4, -0.2) is 50.5 Å². The van der Waals surface area contributed by atoms with Crippen molar-refractivity contribution in [2.45, 2.75) is 26.5 Å². The van der Waals surface area contributed by atoms with Crippen molar-refractivity contribution < 1.29 is 4.74 Å². The predicted octanol–water partition coefficient (Wildman–Crippen LogP) is 1.74. The van der Waals surface area contributed by atoms with Crippen molar-refractivity contribution in [1.29, 1.82) is 0 Å². The van der Waals surface area contributed by atoms with Crippen molar-refractivity contribution in [2.24, 2.45) is 0 Å². The molecule has 0 radical (unpaired) electrons. The van der Waals surface area contributed by atoms with E-state index in [0.29, 0.717) is 13.2 Å². The number of fused-ring (bicyclic) bond motifs is 1. The molecule has 0 amide bonds. The Hall–Kier alpha value is -2.54. The molecule has 4 rings (SSSR count). The summed E-state index contributed by atoms with van der Waals surface area (Å²) in [6.45, 7) is 6.83. The van der Waals surface area contributed by atoms with Crippen LogP contribution in [0.4, 0.5) is 5.82 Å². The number of rotatable bonds is 3. The molecule has 1 saturated heterocycles. The summed E-state index contributed by atoms with van der Waals surface area (Å²) in [6, 6.07) is 7.93. The second-order valence-electron chi connectivity index (χ2n) is 6.04. The molecule has 124 valence electrons. The molecule has 7 heteroatoms. The maximum atomic E-state index is 5.91. The Bertz CT molecular complexity index is 861. The predicted molar refractivity (Wildman–Crippen MR) is 91.0 cm³/mol. The number of benzene rings is 1. The summed E-state index contributed by atoms with van der Waals surface area (Å²) in [7, 11) is 0. The number of hydrogen-bond acceptors (Lipinski definition) is 6. The third-order valence-electron chi connectivity index (χ3n) is 4.24. The zero-order chi connectivity index (χ0) is 16.5. The Morgan fingerprint density at radius 1 is 1.17 bits per heavy atom. The standard InChI is InChI=1S/C17H20N6O/c1-12-19-13(2)23(21-12)11-14-10-22(7-8-24-14)17-9-18-15-5-3-4-6-16(15)20-17/h3-6,9,14H,7-8,10-11H2,1-2H3. The lowest BCUT2D eigenvalue weighted by Crippen LogP contribution is -2.45. The molecule has 1 unspecified atom stereocenters. The van der Waals surface area contributed by atoms with E-state index < -0.39 is 0 Å². The van der Waals surface area contributed by atoms with Crippen LogP contribution in [0.15, 0.2) is 30.5 Å². The molecule has 3 heterocycles. The number of aryl methyl sites for hydroxylation is 2. The van der Waals surface area contributed by atoms with Gasteiger partial charge in [0, 0.05) is 13.1 Å². The molecule has 1 aromatic carbocycles. The number of para-hydroxylation sites is 2. The Kier molecular flexibility index (Phi) is 3.86. The first-order valence-electron chi connectivity index (χ1n) is 8.15. The molecule has 7 nitrogen and oxygen atoms in total. The third kappa shape index (κ3) is 2.94. The van der Waals surface area contributed by atoms with E-state index >= 15 is 0 Å². The van der Waals surface area contributed by atoms with Gasteiger partial charge in [0.1, 0.15) is 17.5 Å². The first kappa shape index (κ1) is 15.0. The van der Waals surface area contributed by atoms with Gasteiger partial charge in [-0.2, -0.15) is 5.10 Å². The second-order valence-corrected chi connectivity index (χ2v) is 6.04. The van der Waals surface area contributed by atoms with Crippen LogP contribution >= 0.6 is 0 Å². The van der Waals surface area contributed by atoms with Crippen LogP contribution in [0.1, 0.15) is 11.6 Å². The van der Waals surface area contributed by atoms with Crippen molar-refractivity contribution in [2.75, 3.05) is 24.6 Å². The summed E-state index contributed by atoms with van der Waals surface area (Å²) in [6.07, 6.45) is 1.90. The summed E-state index contributed by atoms with van der Waals surface area (Å²) < 4.78 is 7.82. The van der Waals surface area contributed by atoms with Gasteiger partial charge in [-0.15, -0.1) is 0 Å². The zero-order valence-corrected chi connectivity index (χ0v) is 13.9. The van der Waals surface area contributed by atoms with E-state index in [4.69, 9.17) is 9.72 Å². The van der Waals surface area contributed by atoms with Crippen molar-refractivity contribution in [3.63, 3.8) is 0 Å². The highest BCUT2D eigenvalue weighted by molar-refractivity contribution is 5.75. The van der Waals surface area contributed by atoms with Gasteiger partial charge in [-0.25, -0.2) is 14.6 Å². The van der Waals surface area contributed by atoms with Gasteiger partial charge in [-0.3, -0.25) is 4.98 Å². The Morgan fingerprint density at radius 3 is 2.79 bits per heavy atom. The van der Waals surface area contributed by atoms with Gasteiger partial charge in [-0.05, 0) is 26.0 Å². The summed E-state index contributed by atoms with van der Waals surface area (Å²) >= 11 is 0. The highest BCUT2D eigenvalue weighted by Crippen LogP contribution is 2.18. The molecule has 3 aromatic rings. The fourth-order valence-electron chi connectivity index (χ4n) is 3.06. The van der Waals surface area contributed by atoms with Gasteiger partial charge in [0.05, 0.1) is 36.5 Å². The van der Waals surface area contributed by atoms with Gasteiger partial charge < -0.3 is 9.64 Å². The smallest absolute Gasteiger partial charge is 0.148 e. The van der Waals surface area contributed by atoms with Gasteiger partial charge in [-0.1, -0.05) is 12.1 Å². The molecule has 1 atom stereocenters. The molecular formula is C17H20N6O. The number of aromatic nitrogens is 5. The van der Waals surface area contributed by atoms with Crippen molar-refractivity contribution in [3.05, 3.63) is 42.1 Å². The van der Waals surface area contributed by atoms with Gasteiger partial charge in [0.25, 0.3) is 0 Å². The number of ether oxygens (including phenoxy) is 1. The van der Waals surface area contributed by atoms with Crippen LogP contribution < -0.4 is 4.90 Å². The molecule has 24 heavy (non-hydrogen) atoms. The fourth-order valence-corrected chi connectivity index (χ4v) is 3.06. The number of morpholine rings is 1.